The van der Waals surface area contributed by atoms with Gasteiger partial charge in [-0.1, -0.05) is 23.8 Å². The molecule has 124 valence electrons. The van der Waals surface area contributed by atoms with Gasteiger partial charge in [-0.25, -0.2) is 0 Å². The third kappa shape index (κ3) is 3.41. The number of hydrogen-bond donors (Lipinski definition) is 2. The van der Waals surface area contributed by atoms with Crippen molar-refractivity contribution in [1.29, 1.82) is 0 Å². The number of aliphatic hydroxyl groups is 1. The summed E-state index contributed by atoms with van der Waals surface area (Å²) in [5.74, 6) is 0.861. The van der Waals surface area contributed by atoms with Crippen molar-refractivity contribution in [1.82, 2.24) is 9.78 Å². The molecule has 1 aromatic heterocycles. The van der Waals surface area contributed by atoms with Crippen LogP contribution in [0, 0.1) is 6.92 Å². The average molecular weight is 324 g/mol. The lowest BCUT2D eigenvalue weighted by molar-refractivity contribution is 0.148. The van der Waals surface area contributed by atoms with Gasteiger partial charge >= 0.3 is 0 Å². The Labute approximate surface area is 140 Å². The molecule has 0 saturated heterocycles. The number of phenols is 1. The third-order valence-corrected chi connectivity index (χ3v) is 3.91. The quantitative estimate of drug-likeness (QED) is 0.755. The molecule has 1 heterocycles. The van der Waals surface area contributed by atoms with Gasteiger partial charge in [-0.15, -0.1) is 0 Å². The van der Waals surface area contributed by atoms with E-state index in [1.807, 2.05) is 43.5 Å². The van der Waals surface area contributed by atoms with Crippen LogP contribution in [0.4, 0.5) is 0 Å². The maximum absolute atomic E-state index is 10.4. The maximum Gasteiger partial charge on any atom is 0.121 e. The van der Waals surface area contributed by atoms with Gasteiger partial charge in [0, 0.05) is 17.3 Å². The molecule has 1 atom stereocenters. The second-order valence-electron chi connectivity index (χ2n) is 5.73. The van der Waals surface area contributed by atoms with E-state index >= 15 is 0 Å². The van der Waals surface area contributed by atoms with Gasteiger partial charge in [0.1, 0.15) is 17.6 Å². The van der Waals surface area contributed by atoms with Crippen LogP contribution in [0.25, 0.3) is 11.3 Å². The molecule has 1 unspecified atom stereocenters. The molecule has 2 N–H and O–H groups in total. The van der Waals surface area contributed by atoms with Crippen LogP contribution in [0.15, 0.2) is 54.7 Å². The van der Waals surface area contributed by atoms with E-state index in [-0.39, 0.29) is 12.3 Å². The SMILES string of the molecule is COc1cccc(-c2ccn(CC(O)c3cc(C)ccc3O)n2)c1. The summed E-state index contributed by atoms with van der Waals surface area (Å²) >= 11 is 0. The maximum atomic E-state index is 10.4. The number of methoxy groups -OCH3 is 1. The molecular weight excluding hydrogens is 304 g/mol. The van der Waals surface area contributed by atoms with Crippen LogP contribution in [-0.2, 0) is 6.54 Å². The van der Waals surface area contributed by atoms with Crippen LogP contribution >= 0.6 is 0 Å². The Hall–Kier alpha value is -2.79. The van der Waals surface area contributed by atoms with Gasteiger partial charge in [-0.2, -0.15) is 5.10 Å². The lowest BCUT2D eigenvalue weighted by Gasteiger charge is -2.13. The van der Waals surface area contributed by atoms with Crippen molar-refractivity contribution >= 4 is 0 Å². The number of ether oxygens (including phenoxy) is 1. The van der Waals surface area contributed by atoms with Crippen molar-refractivity contribution in [3.63, 3.8) is 0 Å². The molecular formula is C19H20N2O3. The van der Waals surface area contributed by atoms with Crippen molar-refractivity contribution in [3.8, 4) is 22.8 Å². The zero-order valence-corrected chi connectivity index (χ0v) is 13.7. The number of phenolic OH excluding ortho intramolecular Hbond substituents is 1. The fourth-order valence-corrected chi connectivity index (χ4v) is 2.62. The Morgan fingerprint density at radius 1 is 1.17 bits per heavy atom. The molecule has 0 aliphatic carbocycles. The first-order valence-corrected chi connectivity index (χ1v) is 7.72. The van der Waals surface area contributed by atoms with E-state index in [0.717, 1.165) is 22.6 Å². The monoisotopic (exact) mass is 324 g/mol. The van der Waals surface area contributed by atoms with E-state index in [9.17, 15) is 10.2 Å². The summed E-state index contributed by atoms with van der Waals surface area (Å²) in [6.45, 7) is 2.19. The summed E-state index contributed by atoms with van der Waals surface area (Å²) in [6.07, 6.45) is 0.980. The molecule has 0 saturated carbocycles. The summed E-state index contributed by atoms with van der Waals surface area (Å²) in [5, 5.41) is 24.8. The Morgan fingerprint density at radius 3 is 2.79 bits per heavy atom. The standard InChI is InChI=1S/C19H20N2O3/c1-13-6-7-18(22)16(10-13)19(23)12-21-9-8-17(20-21)14-4-3-5-15(11-14)24-2/h3-11,19,22-23H,12H2,1-2H3. The van der Waals surface area contributed by atoms with Gasteiger partial charge in [0.05, 0.1) is 19.3 Å². The zero-order valence-electron chi connectivity index (χ0n) is 13.7. The van der Waals surface area contributed by atoms with E-state index in [2.05, 4.69) is 5.10 Å². The van der Waals surface area contributed by atoms with Gasteiger partial charge in [0.15, 0.2) is 0 Å². The van der Waals surface area contributed by atoms with E-state index < -0.39 is 6.10 Å². The average Bonchev–Trinajstić information content (AvgIpc) is 3.05. The number of benzene rings is 2. The molecule has 0 amide bonds. The summed E-state index contributed by atoms with van der Waals surface area (Å²) in [4.78, 5) is 0. The molecule has 3 rings (SSSR count). The highest BCUT2D eigenvalue weighted by molar-refractivity contribution is 5.60. The molecule has 0 radical (unpaired) electrons. The molecule has 2 aromatic carbocycles. The molecule has 0 aliphatic heterocycles. The number of aliphatic hydroxyl groups excluding tert-OH is 1. The number of aromatic nitrogens is 2. The Bertz CT molecular complexity index is 842. The molecule has 3 aromatic rings. The number of nitrogens with zero attached hydrogens (tertiary/aromatic N) is 2. The first-order valence-electron chi connectivity index (χ1n) is 7.72. The first kappa shape index (κ1) is 16.1. The number of hydrogen-bond acceptors (Lipinski definition) is 4. The molecule has 5 nitrogen and oxygen atoms in total. The molecule has 24 heavy (non-hydrogen) atoms. The lowest BCUT2D eigenvalue weighted by atomic mass is 10.1. The zero-order chi connectivity index (χ0) is 17.1. The predicted octanol–water partition coefficient (Wildman–Crippen LogP) is 3.31. The molecule has 0 aliphatic rings. The Balaban J connectivity index is 1.79. The first-order chi connectivity index (χ1) is 11.6. The van der Waals surface area contributed by atoms with E-state index in [1.165, 1.54) is 0 Å². The van der Waals surface area contributed by atoms with Gasteiger partial charge < -0.3 is 14.9 Å². The minimum atomic E-state index is -0.831. The van der Waals surface area contributed by atoms with Crippen LogP contribution in [0.3, 0.4) is 0 Å². The van der Waals surface area contributed by atoms with E-state index in [4.69, 9.17) is 4.74 Å². The van der Waals surface area contributed by atoms with Gasteiger partial charge in [-0.05, 0) is 37.3 Å². The molecule has 5 heteroatoms. The second-order valence-corrected chi connectivity index (χ2v) is 5.73. The summed E-state index contributed by atoms with van der Waals surface area (Å²) in [7, 11) is 1.63. The van der Waals surface area contributed by atoms with Gasteiger partial charge in [-0.3, -0.25) is 4.68 Å². The van der Waals surface area contributed by atoms with Crippen molar-refractivity contribution in [2.45, 2.75) is 19.6 Å². The van der Waals surface area contributed by atoms with E-state index in [0.29, 0.717) is 5.56 Å². The normalized spacial score (nSPS) is 12.1. The number of rotatable bonds is 5. The Morgan fingerprint density at radius 2 is 2.00 bits per heavy atom. The summed E-state index contributed by atoms with van der Waals surface area (Å²) < 4.78 is 6.90. The fourth-order valence-electron chi connectivity index (χ4n) is 2.62. The van der Waals surface area contributed by atoms with Crippen LogP contribution in [-0.4, -0.2) is 27.1 Å². The second kappa shape index (κ2) is 6.76. The predicted molar refractivity (Wildman–Crippen MR) is 92.0 cm³/mol. The molecule has 0 bridgehead atoms. The van der Waals surface area contributed by atoms with Crippen LogP contribution < -0.4 is 4.74 Å². The van der Waals surface area contributed by atoms with Crippen molar-refractivity contribution in [2.75, 3.05) is 7.11 Å². The summed E-state index contributed by atoms with van der Waals surface area (Å²) in [6, 6.07) is 14.7. The van der Waals surface area contributed by atoms with Crippen molar-refractivity contribution in [3.05, 3.63) is 65.9 Å². The van der Waals surface area contributed by atoms with Gasteiger partial charge in [0.25, 0.3) is 0 Å². The molecule has 0 fully saturated rings. The largest absolute Gasteiger partial charge is 0.508 e. The fraction of sp³-hybridized carbons (Fsp3) is 0.211. The highest BCUT2D eigenvalue weighted by atomic mass is 16.5. The number of aromatic hydroxyl groups is 1. The minimum absolute atomic E-state index is 0.0910. The summed E-state index contributed by atoms with van der Waals surface area (Å²) in [5.41, 5.74) is 3.24. The van der Waals surface area contributed by atoms with Crippen LogP contribution in [0.2, 0.25) is 0 Å². The Kier molecular flexibility index (Phi) is 4.53. The van der Waals surface area contributed by atoms with Crippen molar-refractivity contribution in [2.24, 2.45) is 0 Å². The highest BCUT2D eigenvalue weighted by Crippen LogP contribution is 2.27. The van der Waals surface area contributed by atoms with Crippen molar-refractivity contribution < 1.29 is 14.9 Å². The molecule has 0 spiro atoms. The smallest absolute Gasteiger partial charge is 0.121 e. The topological polar surface area (TPSA) is 67.5 Å². The van der Waals surface area contributed by atoms with E-state index in [1.54, 1.807) is 30.0 Å². The van der Waals surface area contributed by atoms with Crippen LogP contribution in [0.1, 0.15) is 17.2 Å². The van der Waals surface area contributed by atoms with Crippen LogP contribution in [0.5, 0.6) is 11.5 Å². The highest BCUT2D eigenvalue weighted by Gasteiger charge is 2.14. The minimum Gasteiger partial charge on any atom is -0.508 e. The third-order valence-electron chi connectivity index (χ3n) is 3.91. The number of aryl methyl sites for hydroxylation is 1. The lowest BCUT2D eigenvalue weighted by Crippen LogP contribution is -2.09. The van der Waals surface area contributed by atoms with Gasteiger partial charge in [0.2, 0.25) is 0 Å².